The highest BCUT2D eigenvalue weighted by atomic mass is 16.7. The molecule has 1 unspecified atom stereocenters. The lowest BCUT2D eigenvalue weighted by Crippen LogP contribution is -2.55. The van der Waals surface area contributed by atoms with E-state index >= 15 is 0 Å². The normalized spacial score (nSPS) is 29.7. The van der Waals surface area contributed by atoms with E-state index in [2.05, 4.69) is 11.5 Å². The highest BCUT2D eigenvalue weighted by Crippen LogP contribution is 2.39. The first-order valence-electron chi connectivity index (χ1n) is 14.3. The minimum Gasteiger partial charge on any atom is -0.507 e. The number of aliphatic hydroxyl groups excluding tert-OH is 4. The lowest BCUT2D eigenvalue weighted by Gasteiger charge is -2.41. The Bertz CT molecular complexity index is 1140. The Hall–Kier alpha value is -2.39. The molecule has 234 valence electrons. The lowest BCUT2D eigenvalue weighted by molar-refractivity contribution is -0.252. The van der Waals surface area contributed by atoms with Crippen molar-refractivity contribution in [3.05, 3.63) is 52.8 Å². The maximum Gasteiger partial charge on any atom is 0.200 e. The zero-order chi connectivity index (χ0) is 30.6. The van der Waals surface area contributed by atoms with Crippen LogP contribution in [0.3, 0.4) is 0 Å². The summed E-state index contributed by atoms with van der Waals surface area (Å²) in [5, 5.41) is 41.1. The molecule has 3 fully saturated rings. The summed E-state index contributed by atoms with van der Waals surface area (Å²) in [6, 6.07) is 4.62. The van der Waals surface area contributed by atoms with Gasteiger partial charge in [-0.05, 0) is 25.0 Å². The number of ketones is 1. The zero-order valence-corrected chi connectivity index (χ0v) is 24.6. The summed E-state index contributed by atoms with van der Waals surface area (Å²) in [6.07, 6.45) is -3.27. The Morgan fingerprint density at radius 1 is 1.24 bits per heavy atom. The molecular formula is C30H43NO11. The third-order valence-electron chi connectivity index (χ3n) is 8.17. The molecule has 3 aliphatic heterocycles. The number of morpholine rings is 1. The number of methoxy groups -OCH3 is 2. The van der Waals surface area contributed by atoms with Crippen molar-refractivity contribution in [2.75, 3.05) is 40.6 Å². The topological polar surface area (TPSA) is 157 Å². The molecule has 0 amide bonds. The predicted octanol–water partition coefficient (Wildman–Crippen LogP) is 1.98. The highest BCUT2D eigenvalue weighted by Gasteiger charge is 2.53. The van der Waals surface area contributed by atoms with Crippen molar-refractivity contribution in [2.45, 2.75) is 82.4 Å². The van der Waals surface area contributed by atoms with E-state index in [9.17, 15) is 25.2 Å². The number of nitrogens with zero attached hydrogens (tertiary/aromatic N) is 1. The number of carbonyl (C=O) groups is 1. The van der Waals surface area contributed by atoms with Crippen molar-refractivity contribution >= 4 is 5.78 Å². The minimum atomic E-state index is -1.34. The molecule has 1 aromatic rings. The third-order valence-corrected chi connectivity index (χ3v) is 8.17. The molecule has 0 saturated carbocycles. The Kier molecular flexibility index (Phi) is 11.1. The van der Waals surface area contributed by atoms with Crippen LogP contribution in [0.5, 0.6) is 5.75 Å². The molecule has 3 aliphatic rings. The summed E-state index contributed by atoms with van der Waals surface area (Å²) in [4.78, 5) is 15.8. The van der Waals surface area contributed by atoms with Crippen molar-refractivity contribution < 1.29 is 53.6 Å². The van der Waals surface area contributed by atoms with Gasteiger partial charge in [-0.15, -0.1) is 0 Å². The summed E-state index contributed by atoms with van der Waals surface area (Å²) < 4.78 is 35.3. The number of hydrogen-bond acceptors (Lipinski definition) is 12. The maximum absolute atomic E-state index is 13.6. The van der Waals surface area contributed by atoms with Gasteiger partial charge in [-0.1, -0.05) is 25.6 Å². The van der Waals surface area contributed by atoms with Crippen LogP contribution in [0.2, 0.25) is 0 Å². The van der Waals surface area contributed by atoms with Gasteiger partial charge in [-0.25, -0.2) is 0 Å². The molecule has 0 bridgehead atoms. The van der Waals surface area contributed by atoms with E-state index in [1.54, 1.807) is 26.2 Å². The quantitative estimate of drug-likeness (QED) is 0.114. The van der Waals surface area contributed by atoms with Crippen molar-refractivity contribution in [3.8, 4) is 5.75 Å². The largest absolute Gasteiger partial charge is 0.507 e. The van der Waals surface area contributed by atoms with Gasteiger partial charge < -0.3 is 48.8 Å². The van der Waals surface area contributed by atoms with Gasteiger partial charge >= 0.3 is 0 Å². The number of carbonyl (C=O) groups excluding carboxylic acids is 1. The number of ether oxygens (including phenoxy) is 6. The summed E-state index contributed by atoms with van der Waals surface area (Å²) in [5.74, 6) is -0.894. The SMILES string of the molecule is C=C(C(=O)c1c(OC)cccc1C(O)CO)/C(O)=C(\CC)[C@H](CCO)O[C@H]1C[C@H]2[C@H](O[C@@H]3[C@@H](OC)OCCN32)[C@H](C)O1. The molecule has 12 nitrogen and oxygen atoms in total. The molecule has 12 heteroatoms. The van der Waals surface area contributed by atoms with Crippen molar-refractivity contribution in [1.82, 2.24) is 4.90 Å². The molecule has 3 heterocycles. The maximum atomic E-state index is 13.6. The first-order chi connectivity index (χ1) is 20.2. The molecule has 0 aliphatic carbocycles. The van der Waals surface area contributed by atoms with Crippen molar-refractivity contribution in [3.63, 3.8) is 0 Å². The van der Waals surface area contributed by atoms with Gasteiger partial charge in [0.15, 0.2) is 24.6 Å². The first kappa shape index (κ1) is 32.5. The fourth-order valence-electron chi connectivity index (χ4n) is 6.07. The van der Waals surface area contributed by atoms with Crippen LogP contribution in [0.1, 0.15) is 55.1 Å². The van der Waals surface area contributed by atoms with E-state index in [0.717, 1.165) is 0 Å². The van der Waals surface area contributed by atoms with E-state index in [4.69, 9.17) is 28.4 Å². The van der Waals surface area contributed by atoms with Crippen LogP contribution in [-0.2, 0) is 23.7 Å². The lowest BCUT2D eigenvalue weighted by atomic mass is 9.91. The van der Waals surface area contributed by atoms with Gasteiger partial charge in [0.05, 0.1) is 43.7 Å². The van der Waals surface area contributed by atoms with Crippen LogP contribution in [0.4, 0.5) is 0 Å². The van der Waals surface area contributed by atoms with Gasteiger partial charge in [-0.3, -0.25) is 9.69 Å². The second-order valence-corrected chi connectivity index (χ2v) is 10.6. The molecule has 0 aromatic heterocycles. The molecule has 4 rings (SSSR count). The van der Waals surface area contributed by atoms with E-state index in [1.165, 1.54) is 13.2 Å². The summed E-state index contributed by atoms with van der Waals surface area (Å²) >= 11 is 0. The van der Waals surface area contributed by atoms with Crippen molar-refractivity contribution in [1.29, 1.82) is 0 Å². The number of aliphatic hydroxyl groups is 4. The van der Waals surface area contributed by atoms with Gasteiger partial charge in [0.25, 0.3) is 0 Å². The standard InChI is InChI=1S/C30H43NO11/c1-6-18(26(35)16(2)27(36)25-19(21(34)15-33)8-7-9-23(25)37-4)22(10-12-32)41-24-14-20-28(17(3)40-24)42-29-30(38-5)39-13-11-31(20)29/h7-9,17,20-22,24,28-30,32-35H,2,6,10-15H2,1,3-5H3/b26-18-/t17-,20-,21?,22-,24-,28+,29+,30-/m0/s1. The first-order valence-corrected chi connectivity index (χ1v) is 14.3. The van der Waals surface area contributed by atoms with E-state index in [1.807, 2.05) is 6.92 Å². The van der Waals surface area contributed by atoms with Gasteiger partial charge in [0, 0.05) is 44.7 Å². The fraction of sp³-hybridized carbons (Fsp3) is 0.633. The Morgan fingerprint density at radius 3 is 2.64 bits per heavy atom. The van der Waals surface area contributed by atoms with Crippen LogP contribution < -0.4 is 4.74 Å². The molecule has 4 N–H and O–H groups in total. The monoisotopic (exact) mass is 593 g/mol. The third kappa shape index (κ3) is 6.42. The average molecular weight is 594 g/mol. The molecule has 0 spiro atoms. The molecule has 8 atom stereocenters. The molecule has 0 radical (unpaired) electrons. The number of rotatable bonds is 13. The van der Waals surface area contributed by atoms with Crippen LogP contribution in [-0.4, -0.2) is 115 Å². The van der Waals surface area contributed by atoms with E-state index in [-0.39, 0.29) is 65.7 Å². The minimum absolute atomic E-state index is 0.0128. The smallest absolute Gasteiger partial charge is 0.200 e. The Morgan fingerprint density at radius 2 is 2.00 bits per heavy atom. The van der Waals surface area contributed by atoms with E-state index in [0.29, 0.717) is 31.6 Å². The molecule has 1 aromatic carbocycles. The van der Waals surface area contributed by atoms with E-state index < -0.39 is 37.2 Å². The van der Waals surface area contributed by atoms with Crippen molar-refractivity contribution in [2.24, 2.45) is 0 Å². The molecule has 42 heavy (non-hydrogen) atoms. The summed E-state index contributed by atoms with van der Waals surface area (Å²) in [7, 11) is 2.96. The summed E-state index contributed by atoms with van der Waals surface area (Å²) in [6.45, 7) is 7.89. The second kappa shape index (κ2) is 14.4. The predicted molar refractivity (Wildman–Crippen MR) is 150 cm³/mol. The van der Waals surface area contributed by atoms with Crippen LogP contribution >= 0.6 is 0 Å². The average Bonchev–Trinajstić information content (AvgIpc) is 3.39. The number of benzene rings is 1. The zero-order valence-electron chi connectivity index (χ0n) is 24.6. The van der Waals surface area contributed by atoms with Crippen LogP contribution in [0.15, 0.2) is 41.7 Å². The second-order valence-electron chi connectivity index (χ2n) is 10.6. The molecular weight excluding hydrogens is 550 g/mol. The molecule has 3 saturated heterocycles. The highest BCUT2D eigenvalue weighted by molar-refractivity contribution is 6.13. The number of hydrogen-bond donors (Lipinski definition) is 4. The Labute approximate surface area is 246 Å². The van der Waals surface area contributed by atoms with Gasteiger partial charge in [0.2, 0.25) is 0 Å². The number of Topliss-reactive ketones (excluding diaryl/α,β-unsaturated/α-hetero) is 1. The number of allylic oxidation sites excluding steroid dienone is 1. The Balaban J connectivity index is 1.58. The fourth-order valence-corrected chi connectivity index (χ4v) is 6.07. The van der Waals surface area contributed by atoms with Crippen LogP contribution in [0, 0.1) is 0 Å². The van der Waals surface area contributed by atoms with Crippen LogP contribution in [0.25, 0.3) is 0 Å². The van der Waals surface area contributed by atoms with Gasteiger partial charge in [-0.2, -0.15) is 0 Å². The van der Waals surface area contributed by atoms with Gasteiger partial charge in [0.1, 0.15) is 23.7 Å². The summed E-state index contributed by atoms with van der Waals surface area (Å²) in [5.41, 5.74) is 0.260. The number of fused-ring (bicyclic) bond motifs is 3.